The third-order valence-corrected chi connectivity index (χ3v) is 5.06. The van der Waals surface area contributed by atoms with Crippen molar-refractivity contribution in [2.24, 2.45) is 0 Å². The normalized spacial score (nSPS) is 11.6. The Kier molecular flexibility index (Phi) is 6.15. The fourth-order valence-corrected chi connectivity index (χ4v) is 2.63. The lowest BCUT2D eigenvalue weighted by Gasteiger charge is -2.26. The first kappa shape index (κ1) is 19.1. The second-order valence-electron chi connectivity index (χ2n) is 5.47. The van der Waals surface area contributed by atoms with Crippen LogP contribution in [0.5, 0.6) is 0 Å². The number of rotatable bonds is 6. The molecule has 0 atom stereocenters. The zero-order valence-electron chi connectivity index (χ0n) is 13.3. The van der Waals surface area contributed by atoms with E-state index < -0.39 is 11.2 Å². The summed E-state index contributed by atoms with van der Waals surface area (Å²) in [5.74, 6) is 0. The highest BCUT2D eigenvalue weighted by molar-refractivity contribution is 6.41. The van der Waals surface area contributed by atoms with Gasteiger partial charge in [0.15, 0.2) is 0 Å². The molecule has 24 heavy (non-hydrogen) atoms. The Balaban J connectivity index is 2.28. The van der Waals surface area contributed by atoms with E-state index in [1.54, 1.807) is 18.2 Å². The summed E-state index contributed by atoms with van der Waals surface area (Å²) in [5, 5.41) is 17.8. The molecule has 1 heterocycles. The van der Waals surface area contributed by atoms with Crippen molar-refractivity contribution in [2.45, 2.75) is 32.3 Å². The van der Waals surface area contributed by atoms with Gasteiger partial charge in [0.05, 0.1) is 33.2 Å². The third-order valence-electron chi connectivity index (χ3n) is 4.00. The van der Waals surface area contributed by atoms with Gasteiger partial charge in [-0.3, -0.25) is 4.79 Å². The van der Waals surface area contributed by atoms with Gasteiger partial charge in [-0.2, -0.15) is 9.78 Å². The monoisotopic (exact) mass is 389 g/mol. The van der Waals surface area contributed by atoms with E-state index in [1.807, 2.05) is 13.8 Å². The lowest BCUT2D eigenvalue weighted by molar-refractivity contribution is 0.0457. The molecule has 0 aliphatic rings. The summed E-state index contributed by atoms with van der Waals surface area (Å²) >= 11 is 17.9. The number of hydrogen-bond acceptors (Lipinski definition) is 4. The number of aromatic nitrogens is 2. The molecule has 5 nitrogen and oxygen atoms in total. The Hall–Kier alpha value is -1.27. The Labute approximate surface area is 155 Å². The number of anilines is 1. The molecule has 1 aromatic carbocycles. The van der Waals surface area contributed by atoms with Crippen LogP contribution < -0.4 is 10.9 Å². The van der Waals surface area contributed by atoms with Crippen LogP contribution in [0.3, 0.4) is 0 Å². The smallest absolute Gasteiger partial charge is 0.291 e. The van der Waals surface area contributed by atoms with Crippen molar-refractivity contribution >= 4 is 40.5 Å². The predicted octanol–water partition coefficient (Wildman–Crippen LogP) is 4.16. The fraction of sp³-hybridized carbons (Fsp3) is 0.375. The average Bonchev–Trinajstić information content (AvgIpc) is 2.58. The highest BCUT2D eigenvalue weighted by atomic mass is 35.5. The molecule has 0 unspecified atom stereocenters. The van der Waals surface area contributed by atoms with Crippen molar-refractivity contribution in [2.75, 3.05) is 11.9 Å². The van der Waals surface area contributed by atoms with Gasteiger partial charge in [0, 0.05) is 6.54 Å². The topological polar surface area (TPSA) is 67.2 Å². The van der Waals surface area contributed by atoms with Crippen molar-refractivity contribution in [3.63, 3.8) is 0 Å². The van der Waals surface area contributed by atoms with Crippen molar-refractivity contribution in [1.29, 1.82) is 0 Å². The second-order valence-corrected chi connectivity index (χ2v) is 6.66. The van der Waals surface area contributed by atoms with Crippen molar-refractivity contribution in [1.82, 2.24) is 9.78 Å². The van der Waals surface area contributed by atoms with Crippen molar-refractivity contribution < 1.29 is 5.11 Å². The molecule has 0 radical (unpaired) electrons. The van der Waals surface area contributed by atoms with E-state index in [-0.39, 0.29) is 10.0 Å². The first-order chi connectivity index (χ1) is 11.3. The first-order valence-corrected chi connectivity index (χ1v) is 8.64. The van der Waals surface area contributed by atoms with E-state index in [0.717, 1.165) is 4.68 Å². The molecule has 130 valence electrons. The number of nitrogens with one attached hydrogen (secondary N) is 1. The van der Waals surface area contributed by atoms with Crippen LogP contribution in [0.2, 0.25) is 15.1 Å². The lowest BCUT2D eigenvalue weighted by Crippen LogP contribution is -2.35. The Bertz CT molecular complexity index is 789. The van der Waals surface area contributed by atoms with Gasteiger partial charge in [0.2, 0.25) is 0 Å². The third kappa shape index (κ3) is 4.03. The summed E-state index contributed by atoms with van der Waals surface area (Å²) < 4.78 is 1.12. The van der Waals surface area contributed by atoms with Gasteiger partial charge in [-0.15, -0.1) is 0 Å². The summed E-state index contributed by atoms with van der Waals surface area (Å²) in [7, 11) is 0. The molecule has 0 aliphatic carbocycles. The number of halogens is 3. The van der Waals surface area contributed by atoms with E-state index in [2.05, 4.69) is 10.4 Å². The minimum Gasteiger partial charge on any atom is -0.388 e. The molecule has 2 rings (SSSR count). The van der Waals surface area contributed by atoms with Crippen LogP contribution >= 0.6 is 34.8 Å². The standard InChI is InChI=1S/C16H18Cl3N3O2/c1-3-16(24,4-2)9-20-13-6-5-10(7-11(13)17)22-15(23)14(19)12(18)8-21-22/h5-8,20,24H,3-4,9H2,1-2H3. The zero-order valence-corrected chi connectivity index (χ0v) is 15.6. The molecule has 0 bridgehead atoms. The lowest BCUT2D eigenvalue weighted by atomic mass is 9.97. The minimum atomic E-state index is -0.788. The summed E-state index contributed by atoms with van der Waals surface area (Å²) in [6, 6.07) is 5.00. The minimum absolute atomic E-state index is 0.0963. The molecule has 0 spiro atoms. The number of aliphatic hydroxyl groups is 1. The quantitative estimate of drug-likeness (QED) is 0.777. The average molecular weight is 391 g/mol. The fourth-order valence-electron chi connectivity index (χ4n) is 2.14. The van der Waals surface area contributed by atoms with Crippen LogP contribution in [0.15, 0.2) is 29.2 Å². The van der Waals surface area contributed by atoms with Crippen LogP contribution in [0.4, 0.5) is 5.69 Å². The molecule has 1 aromatic heterocycles. The molecule has 2 N–H and O–H groups in total. The molecule has 8 heteroatoms. The van der Waals surface area contributed by atoms with E-state index >= 15 is 0 Å². The summed E-state index contributed by atoms with van der Waals surface area (Å²) in [6.45, 7) is 4.24. The Morgan fingerprint density at radius 3 is 2.46 bits per heavy atom. The van der Waals surface area contributed by atoms with Crippen molar-refractivity contribution in [3.8, 4) is 5.69 Å². The van der Waals surface area contributed by atoms with Gasteiger partial charge in [-0.25, -0.2) is 0 Å². The van der Waals surface area contributed by atoms with Gasteiger partial charge >= 0.3 is 0 Å². The van der Waals surface area contributed by atoms with Crippen molar-refractivity contribution in [3.05, 3.63) is 49.8 Å². The molecule has 0 fully saturated rings. The highest BCUT2D eigenvalue weighted by Crippen LogP contribution is 2.26. The zero-order chi connectivity index (χ0) is 17.9. The predicted molar refractivity (Wildman–Crippen MR) is 98.9 cm³/mol. The maximum absolute atomic E-state index is 12.1. The van der Waals surface area contributed by atoms with Gasteiger partial charge in [-0.05, 0) is 31.0 Å². The maximum Gasteiger partial charge on any atom is 0.291 e. The highest BCUT2D eigenvalue weighted by Gasteiger charge is 2.22. The van der Waals surface area contributed by atoms with Gasteiger partial charge in [0.1, 0.15) is 5.02 Å². The molecule has 0 amide bonds. The summed E-state index contributed by atoms with van der Waals surface area (Å²) in [5.41, 5.74) is -0.180. The number of hydrogen-bond donors (Lipinski definition) is 2. The van der Waals surface area contributed by atoms with E-state index in [1.165, 1.54) is 6.20 Å². The SMILES string of the molecule is CCC(O)(CC)CNc1ccc(-n2ncc(Cl)c(Cl)c2=O)cc1Cl. The summed E-state index contributed by atoms with van der Waals surface area (Å²) in [6.07, 6.45) is 2.57. The molecule has 0 aliphatic heterocycles. The first-order valence-electron chi connectivity index (χ1n) is 7.51. The summed E-state index contributed by atoms with van der Waals surface area (Å²) in [4.78, 5) is 12.1. The van der Waals surface area contributed by atoms with Crippen LogP contribution in [-0.2, 0) is 0 Å². The molecular weight excluding hydrogens is 373 g/mol. The Morgan fingerprint density at radius 1 is 1.21 bits per heavy atom. The van der Waals surface area contributed by atoms with Gasteiger partial charge < -0.3 is 10.4 Å². The van der Waals surface area contributed by atoms with E-state index in [0.29, 0.717) is 35.8 Å². The Morgan fingerprint density at radius 2 is 1.88 bits per heavy atom. The second kappa shape index (κ2) is 7.74. The van der Waals surface area contributed by atoms with E-state index in [4.69, 9.17) is 34.8 Å². The molecule has 0 saturated heterocycles. The molecule has 2 aromatic rings. The van der Waals surface area contributed by atoms with Crippen LogP contribution in [0.1, 0.15) is 26.7 Å². The molecular formula is C16H18Cl3N3O2. The number of benzene rings is 1. The van der Waals surface area contributed by atoms with Gasteiger partial charge in [0.25, 0.3) is 5.56 Å². The van der Waals surface area contributed by atoms with E-state index in [9.17, 15) is 9.90 Å². The van der Waals surface area contributed by atoms with Crippen LogP contribution in [-0.4, -0.2) is 27.0 Å². The molecule has 0 saturated carbocycles. The largest absolute Gasteiger partial charge is 0.388 e. The maximum atomic E-state index is 12.1. The van der Waals surface area contributed by atoms with Crippen LogP contribution in [0, 0.1) is 0 Å². The number of nitrogens with zero attached hydrogens (tertiary/aromatic N) is 2. The van der Waals surface area contributed by atoms with Gasteiger partial charge in [-0.1, -0.05) is 48.7 Å². The van der Waals surface area contributed by atoms with Crippen LogP contribution in [0.25, 0.3) is 5.69 Å².